The molecule has 2 aromatic heterocycles. The van der Waals surface area contributed by atoms with E-state index in [-0.39, 0.29) is 24.0 Å². The molecule has 2 N–H and O–H groups in total. The number of aryl methyl sites for hydroxylation is 1. The van der Waals surface area contributed by atoms with Crippen LogP contribution in [-0.2, 0) is 24.2 Å². The van der Waals surface area contributed by atoms with Crippen molar-refractivity contribution in [1.29, 1.82) is 0 Å². The molecule has 2 rings (SSSR count). The van der Waals surface area contributed by atoms with Gasteiger partial charge in [0, 0.05) is 56.8 Å². The predicted octanol–water partition coefficient (Wildman–Crippen LogP) is 2.07. The summed E-state index contributed by atoms with van der Waals surface area (Å²) in [5.41, 5.74) is 4.45. The number of guanidine groups is 1. The maximum atomic E-state index is 5.14. The number of hydrogen-bond acceptors (Lipinski definition) is 4. The number of rotatable bonds is 8. The Kier molecular flexibility index (Phi) is 10.2. The second-order valence-electron chi connectivity index (χ2n) is 5.79. The normalized spacial score (nSPS) is 11.2. The van der Waals surface area contributed by atoms with Crippen LogP contribution >= 0.6 is 24.0 Å². The van der Waals surface area contributed by atoms with Crippen LogP contribution in [-0.4, -0.2) is 48.0 Å². The Morgan fingerprint density at radius 3 is 2.73 bits per heavy atom. The van der Waals surface area contributed by atoms with Crippen molar-refractivity contribution in [2.24, 2.45) is 4.99 Å². The van der Waals surface area contributed by atoms with E-state index in [1.54, 1.807) is 14.2 Å². The van der Waals surface area contributed by atoms with Crippen LogP contribution in [0.1, 0.15) is 22.6 Å². The number of hydrogen-bond donors (Lipinski definition) is 2. The molecule has 0 aliphatic carbocycles. The van der Waals surface area contributed by atoms with Crippen LogP contribution in [0.5, 0.6) is 0 Å². The SMILES string of the molecule is CN=C(NCCc1ccccn1)NCc1c(C)nn(CCOC)c1C.I. The first-order valence-electron chi connectivity index (χ1n) is 8.52. The number of methoxy groups -OCH3 is 1. The molecule has 0 aliphatic rings. The average Bonchev–Trinajstić information content (AvgIpc) is 2.90. The summed E-state index contributed by atoms with van der Waals surface area (Å²) in [5, 5.41) is 11.3. The molecule has 0 fully saturated rings. The Morgan fingerprint density at radius 2 is 2.08 bits per heavy atom. The summed E-state index contributed by atoms with van der Waals surface area (Å²) >= 11 is 0. The highest BCUT2D eigenvalue weighted by Gasteiger charge is 2.11. The van der Waals surface area contributed by atoms with Crippen molar-refractivity contribution in [3.05, 3.63) is 47.0 Å². The number of nitrogens with one attached hydrogen (secondary N) is 2. The molecule has 2 aromatic rings. The highest BCUT2D eigenvalue weighted by molar-refractivity contribution is 14.0. The monoisotopic (exact) mass is 472 g/mol. The van der Waals surface area contributed by atoms with Gasteiger partial charge in [-0.3, -0.25) is 14.7 Å². The van der Waals surface area contributed by atoms with Crippen LogP contribution in [0.2, 0.25) is 0 Å². The second kappa shape index (κ2) is 11.8. The second-order valence-corrected chi connectivity index (χ2v) is 5.79. The van der Waals surface area contributed by atoms with Crippen molar-refractivity contribution < 1.29 is 4.74 Å². The Balaban J connectivity index is 0.00000338. The molecule has 144 valence electrons. The molecule has 0 amide bonds. The predicted molar refractivity (Wildman–Crippen MR) is 115 cm³/mol. The van der Waals surface area contributed by atoms with E-state index < -0.39 is 0 Å². The Labute approximate surface area is 172 Å². The van der Waals surface area contributed by atoms with Gasteiger partial charge in [0.1, 0.15) is 0 Å². The van der Waals surface area contributed by atoms with Gasteiger partial charge in [-0.15, -0.1) is 24.0 Å². The van der Waals surface area contributed by atoms with Gasteiger partial charge in [0.25, 0.3) is 0 Å². The van der Waals surface area contributed by atoms with Crippen LogP contribution < -0.4 is 10.6 Å². The van der Waals surface area contributed by atoms with Gasteiger partial charge in [-0.2, -0.15) is 5.10 Å². The van der Waals surface area contributed by atoms with Crippen LogP contribution in [0.4, 0.5) is 0 Å². The Morgan fingerprint density at radius 1 is 1.27 bits per heavy atom. The maximum Gasteiger partial charge on any atom is 0.191 e. The molecule has 8 heteroatoms. The molecule has 2 heterocycles. The molecule has 0 bridgehead atoms. The molecule has 0 aliphatic heterocycles. The van der Waals surface area contributed by atoms with E-state index >= 15 is 0 Å². The van der Waals surface area contributed by atoms with Gasteiger partial charge in [0.2, 0.25) is 0 Å². The molecule has 26 heavy (non-hydrogen) atoms. The van der Waals surface area contributed by atoms with Gasteiger partial charge >= 0.3 is 0 Å². The molecule has 0 spiro atoms. The third-order valence-electron chi connectivity index (χ3n) is 4.09. The van der Waals surface area contributed by atoms with E-state index in [2.05, 4.69) is 32.6 Å². The van der Waals surface area contributed by atoms with Gasteiger partial charge in [-0.05, 0) is 26.0 Å². The van der Waals surface area contributed by atoms with Crippen molar-refractivity contribution in [2.45, 2.75) is 33.4 Å². The van der Waals surface area contributed by atoms with Gasteiger partial charge < -0.3 is 15.4 Å². The Hall–Kier alpha value is -1.68. The van der Waals surface area contributed by atoms with Gasteiger partial charge in [-0.25, -0.2) is 0 Å². The molecular formula is C18H29IN6O. The molecular weight excluding hydrogens is 443 g/mol. The van der Waals surface area contributed by atoms with Crippen LogP contribution in [0.25, 0.3) is 0 Å². The number of aromatic nitrogens is 3. The summed E-state index contributed by atoms with van der Waals surface area (Å²) in [6, 6.07) is 5.95. The van der Waals surface area contributed by atoms with E-state index in [1.807, 2.05) is 36.0 Å². The average molecular weight is 472 g/mol. The van der Waals surface area contributed by atoms with Crippen LogP contribution in [0.15, 0.2) is 29.4 Å². The van der Waals surface area contributed by atoms with Gasteiger partial charge in [0.05, 0.1) is 18.8 Å². The summed E-state index contributed by atoms with van der Waals surface area (Å²) in [5.74, 6) is 0.777. The minimum absolute atomic E-state index is 0. The number of aliphatic imine (C=N–C) groups is 1. The minimum Gasteiger partial charge on any atom is -0.383 e. The zero-order valence-corrected chi connectivity index (χ0v) is 18.3. The Bertz CT molecular complexity index is 686. The summed E-state index contributed by atoms with van der Waals surface area (Å²) in [6.07, 6.45) is 2.67. The topological polar surface area (TPSA) is 76.4 Å². The number of ether oxygens (including phenoxy) is 1. The summed E-state index contributed by atoms with van der Waals surface area (Å²) in [7, 11) is 3.48. The van der Waals surface area contributed by atoms with Crippen molar-refractivity contribution in [3.63, 3.8) is 0 Å². The third kappa shape index (κ3) is 6.56. The highest BCUT2D eigenvalue weighted by Crippen LogP contribution is 2.12. The van der Waals surface area contributed by atoms with Crippen molar-refractivity contribution in [3.8, 4) is 0 Å². The van der Waals surface area contributed by atoms with E-state index in [4.69, 9.17) is 4.74 Å². The fourth-order valence-corrected chi connectivity index (χ4v) is 2.63. The minimum atomic E-state index is 0. The lowest BCUT2D eigenvalue weighted by molar-refractivity contribution is 0.182. The van der Waals surface area contributed by atoms with E-state index in [0.29, 0.717) is 13.2 Å². The molecule has 0 aromatic carbocycles. The largest absolute Gasteiger partial charge is 0.383 e. The van der Waals surface area contributed by atoms with Crippen molar-refractivity contribution in [2.75, 3.05) is 27.3 Å². The first kappa shape index (κ1) is 22.4. The van der Waals surface area contributed by atoms with E-state index in [0.717, 1.165) is 42.6 Å². The zero-order chi connectivity index (χ0) is 18.1. The zero-order valence-electron chi connectivity index (χ0n) is 16.0. The lowest BCUT2D eigenvalue weighted by Crippen LogP contribution is -2.38. The number of pyridine rings is 1. The number of halogens is 1. The number of nitrogens with zero attached hydrogens (tertiary/aromatic N) is 4. The van der Waals surface area contributed by atoms with Crippen molar-refractivity contribution in [1.82, 2.24) is 25.4 Å². The van der Waals surface area contributed by atoms with E-state index in [9.17, 15) is 0 Å². The quantitative estimate of drug-likeness (QED) is 0.350. The fraction of sp³-hybridized carbons (Fsp3) is 0.500. The fourth-order valence-electron chi connectivity index (χ4n) is 2.63. The summed E-state index contributed by atoms with van der Waals surface area (Å²) in [4.78, 5) is 8.60. The lowest BCUT2D eigenvalue weighted by Gasteiger charge is -2.12. The van der Waals surface area contributed by atoms with Crippen LogP contribution in [0.3, 0.4) is 0 Å². The molecule has 7 nitrogen and oxygen atoms in total. The molecule has 0 saturated carbocycles. The van der Waals surface area contributed by atoms with E-state index in [1.165, 1.54) is 5.56 Å². The highest BCUT2D eigenvalue weighted by atomic mass is 127. The van der Waals surface area contributed by atoms with Gasteiger partial charge in [-0.1, -0.05) is 6.07 Å². The standard InChI is InChI=1S/C18H28N6O.HI/c1-14-17(15(2)24(23-14)11-12-25-4)13-22-18(19-3)21-10-8-16-7-5-6-9-20-16;/h5-7,9H,8,10-13H2,1-4H3,(H2,19,21,22);1H. The summed E-state index contributed by atoms with van der Waals surface area (Å²) in [6.45, 7) is 7.01. The van der Waals surface area contributed by atoms with Crippen LogP contribution in [0, 0.1) is 13.8 Å². The summed E-state index contributed by atoms with van der Waals surface area (Å²) < 4.78 is 7.13. The molecule has 0 unspecified atom stereocenters. The molecule has 0 radical (unpaired) electrons. The maximum absolute atomic E-state index is 5.14. The first-order valence-corrected chi connectivity index (χ1v) is 8.52. The molecule has 0 saturated heterocycles. The lowest BCUT2D eigenvalue weighted by atomic mass is 10.2. The molecule has 0 atom stereocenters. The van der Waals surface area contributed by atoms with Crippen molar-refractivity contribution >= 4 is 29.9 Å². The van der Waals surface area contributed by atoms with Gasteiger partial charge in [0.15, 0.2) is 5.96 Å². The third-order valence-corrected chi connectivity index (χ3v) is 4.09. The first-order chi connectivity index (χ1) is 12.2. The smallest absolute Gasteiger partial charge is 0.191 e.